The Morgan fingerprint density at radius 3 is 2.59 bits per heavy atom. The van der Waals surface area contributed by atoms with Gasteiger partial charge in [-0.15, -0.1) is 35.3 Å². The Balaban J connectivity index is 0.00000364. The van der Waals surface area contributed by atoms with Crippen LogP contribution in [0.5, 0.6) is 0 Å². The molecule has 148 valence electrons. The average Bonchev–Trinajstić information content (AvgIpc) is 3.18. The number of nitrogens with zero attached hydrogens (tertiary/aromatic N) is 2. The van der Waals surface area contributed by atoms with Crippen molar-refractivity contribution in [3.05, 3.63) is 58.3 Å². The number of nitrogens with one attached hydrogen (secondary N) is 2. The zero-order valence-electron chi connectivity index (χ0n) is 16.0. The minimum absolute atomic E-state index is 0. The molecule has 1 amide bonds. The predicted octanol–water partition coefficient (Wildman–Crippen LogP) is 3.51. The first-order chi connectivity index (χ1) is 12.7. The number of benzene rings is 1. The van der Waals surface area contributed by atoms with Gasteiger partial charge in [0.1, 0.15) is 0 Å². The molecule has 0 spiro atoms. The van der Waals surface area contributed by atoms with E-state index >= 15 is 0 Å². The highest BCUT2D eigenvalue weighted by molar-refractivity contribution is 14.0. The second-order valence-corrected chi connectivity index (χ2v) is 7.03. The minimum atomic E-state index is 0. The largest absolute Gasteiger partial charge is 0.357 e. The molecule has 0 unspecified atom stereocenters. The van der Waals surface area contributed by atoms with Gasteiger partial charge < -0.3 is 15.5 Å². The highest BCUT2D eigenvalue weighted by atomic mass is 127. The van der Waals surface area contributed by atoms with Crippen molar-refractivity contribution in [2.45, 2.75) is 26.3 Å². The van der Waals surface area contributed by atoms with Crippen LogP contribution in [-0.2, 0) is 17.8 Å². The Morgan fingerprint density at radius 1 is 1.15 bits per heavy atom. The third kappa shape index (κ3) is 9.23. The summed E-state index contributed by atoms with van der Waals surface area (Å²) in [6.45, 7) is 4.79. The van der Waals surface area contributed by atoms with Crippen LogP contribution in [0.15, 0.2) is 52.8 Å². The summed E-state index contributed by atoms with van der Waals surface area (Å²) >= 11 is 1.78. The van der Waals surface area contributed by atoms with E-state index in [0.717, 1.165) is 31.0 Å². The number of amides is 1. The molecule has 0 fully saturated rings. The second-order valence-electron chi connectivity index (χ2n) is 6.00. The van der Waals surface area contributed by atoms with Crippen LogP contribution >= 0.6 is 35.3 Å². The Labute approximate surface area is 183 Å². The Hall–Kier alpha value is -1.61. The molecule has 1 heterocycles. The van der Waals surface area contributed by atoms with Gasteiger partial charge in [-0.2, -0.15) is 0 Å². The molecular weight excluding hydrogens is 471 g/mol. The minimum Gasteiger partial charge on any atom is -0.357 e. The molecule has 2 aromatic rings. The van der Waals surface area contributed by atoms with Crippen LogP contribution in [0.25, 0.3) is 0 Å². The summed E-state index contributed by atoms with van der Waals surface area (Å²) in [5.74, 6) is 0.870. The van der Waals surface area contributed by atoms with E-state index in [2.05, 4.69) is 45.0 Å². The van der Waals surface area contributed by atoms with Gasteiger partial charge in [-0.05, 0) is 30.4 Å². The SMILES string of the molecule is CCNC(=NCCC(=O)NCc1ccccc1)N(C)CCc1cccs1.I. The molecule has 5 nitrogen and oxygen atoms in total. The highest BCUT2D eigenvalue weighted by Gasteiger charge is 2.07. The van der Waals surface area contributed by atoms with E-state index in [1.807, 2.05) is 37.4 Å². The zero-order chi connectivity index (χ0) is 18.6. The Morgan fingerprint density at radius 2 is 1.93 bits per heavy atom. The molecule has 1 aromatic carbocycles. The molecule has 0 bridgehead atoms. The van der Waals surface area contributed by atoms with E-state index in [1.54, 1.807) is 11.3 Å². The predicted molar refractivity (Wildman–Crippen MR) is 125 cm³/mol. The highest BCUT2D eigenvalue weighted by Crippen LogP contribution is 2.09. The summed E-state index contributed by atoms with van der Waals surface area (Å²) in [7, 11) is 2.03. The van der Waals surface area contributed by atoms with E-state index in [4.69, 9.17) is 0 Å². The molecule has 27 heavy (non-hydrogen) atoms. The molecule has 0 aliphatic carbocycles. The monoisotopic (exact) mass is 500 g/mol. The van der Waals surface area contributed by atoms with Crippen molar-refractivity contribution in [3.63, 3.8) is 0 Å². The van der Waals surface area contributed by atoms with Crippen molar-refractivity contribution in [1.29, 1.82) is 0 Å². The summed E-state index contributed by atoms with van der Waals surface area (Å²) in [6.07, 6.45) is 1.39. The third-order valence-corrected chi connectivity index (χ3v) is 4.84. The lowest BCUT2D eigenvalue weighted by Crippen LogP contribution is -2.40. The maximum absolute atomic E-state index is 12.0. The molecule has 0 saturated carbocycles. The summed E-state index contributed by atoms with van der Waals surface area (Å²) in [6, 6.07) is 14.2. The molecule has 0 atom stereocenters. The van der Waals surface area contributed by atoms with Crippen LogP contribution in [-0.4, -0.2) is 43.4 Å². The quantitative estimate of drug-likeness (QED) is 0.315. The van der Waals surface area contributed by atoms with Gasteiger partial charge in [-0.3, -0.25) is 9.79 Å². The fraction of sp³-hybridized carbons (Fsp3) is 0.400. The van der Waals surface area contributed by atoms with Crippen molar-refractivity contribution in [3.8, 4) is 0 Å². The number of carbonyl (C=O) groups excluding carboxylic acids is 1. The summed E-state index contributed by atoms with van der Waals surface area (Å²) in [5, 5.41) is 8.33. The van der Waals surface area contributed by atoms with Gasteiger partial charge in [-0.25, -0.2) is 0 Å². The van der Waals surface area contributed by atoms with E-state index in [0.29, 0.717) is 19.5 Å². The van der Waals surface area contributed by atoms with E-state index in [-0.39, 0.29) is 29.9 Å². The first kappa shape index (κ1) is 23.4. The van der Waals surface area contributed by atoms with Crippen LogP contribution < -0.4 is 10.6 Å². The van der Waals surface area contributed by atoms with Crippen LogP contribution in [0.3, 0.4) is 0 Å². The van der Waals surface area contributed by atoms with Crippen molar-refractivity contribution in [2.24, 2.45) is 4.99 Å². The van der Waals surface area contributed by atoms with E-state index in [1.165, 1.54) is 4.88 Å². The number of guanidine groups is 1. The van der Waals surface area contributed by atoms with Gasteiger partial charge in [0.25, 0.3) is 0 Å². The Bertz CT molecular complexity index is 677. The lowest BCUT2D eigenvalue weighted by Gasteiger charge is -2.21. The zero-order valence-corrected chi connectivity index (χ0v) is 19.1. The Kier molecular flexibility index (Phi) is 11.8. The number of hydrogen-bond donors (Lipinski definition) is 2. The van der Waals surface area contributed by atoms with Gasteiger partial charge in [-0.1, -0.05) is 36.4 Å². The molecule has 1 aromatic heterocycles. The number of halogens is 1. The van der Waals surface area contributed by atoms with Crippen LogP contribution in [0.2, 0.25) is 0 Å². The summed E-state index contributed by atoms with van der Waals surface area (Å²) in [4.78, 5) is 20.1. The maximum atomic E-state index is 12.0. The molecule has 7 heteroatoms. The average molecular weight is 500 g/mol. The van der Waals surface area contributed by atoms with Gasteiger partial charge in [0.15, 0.2) is 5.96 Å². The second kappa shape index (κ2) is 13.5. The van der Waals surface area contributed by atoms with Gasteiger partial charge >= 0.3 is 0 Å². The first-order valence-electron chi connectivity index (χ1n) is 9.01. The topological polar surface area (TPSA) is 56.7 Å². The lowest BCUT2D eigenvalue weighted by molar-refractivity contribution is -0.121. The summed E-state index contributed by atoms with van der Waals surface area (Å²) in [5.41, 5.74) is 1.10. The molecule has 0 aliphatic heterocycles. The van der Waals surface area contributed by atoms with Gasteiger partial charge in [0.05, 0.1) is 6.54 Å². The number of rotatable bonds is 9. The molecule has 0 saturated heterocycles. The number of hydrogen-bond acceptors (Lipinski definition) is 3. The van der Waals surface area contributed by atoms with Crippen molar-refractivity contribution in [2.75, 3.05) is 26.7 Å². The maximum Gasteiger partial charge on any atom is 0.222 e. The molecular formula is C20H29IN4OS. The third-order valence-electron chi connectivity index (χ3n) is 3.90. The summed E-state index contributed by atoms with van der Waals surface area (Å²) < 4.78 is 0. The standard InChI is InChI=1S/C20H28N4OS.HI/c1-3-21-20(24(2)14-12-18-10-7-15-26-18)22-13-11-19(25)23-16-17-8-5-4-6-9-17;/h4-10,15H,3,11-14,16H2,1-2H3,(H,21,22)(H,23,25);1H. The smallest absolute Gasteiger partial charge is 0.222 e. The fourth-order valence-electron chi connectivity index (χ4n) is 2.46. The van der Waals surface area contributed by atoms with E-state index in [9.17, 15) is 4.79 Å². The van der Waals surface area contributed by atoms with Crippen molar-refractivity contribution >= 4 is 47.2 Å². The molecule has 2 N–H and O–H groups in total. The van der Waals surface area contributed by atoms with Crippen LogP contribution in [0.1, 0.15) is 23.8 Å². The van der Waals surface area contributed by atoms with Crippen LogP contribution in [0, 0.1) is 0 Å². The number of carbonyl (C=O) groups is 1. The molecule has 0 aliphatic rings. The van der Waals surface area contributed by atoms with Crippen molar-refractivity contribution in [1.82, 2.24) is 15.5 Å². The van der Waals surface area contributed by atoms with Gasteiger partial charge in [0, 0.05) is 38.0 Å². The van der Waals surface area contributed by atoms with Gasteiger partial charge in [0.2, 0.25) is 5.91 Å². The lowest BCUT2D eigenvalue weighted by atomic mass is 10.2. The normalized spacial score (nSPS) is 10.8. The molecule has 2 rings (SSSR count). The number of thiophene rings is 1. The van der Waals surface area contributed by atoms with Crippen LogP contribution in [0.4, 0.5) is 0 Å². The first-order valence-corrected chi connectivity index (χ1v) is 9.89. The number of likely N-dealkylation sites (N-methyl/N-ethyl adjacent to an activating group) is 1. The van der Waals surface area contributed by atoms with E-state index < -0.39 is 0 Å². The fourth-order valence-corrected chi connectivity index (χ4v) is 3.15. The number of aliphatic imine (C=N–C) groups is 1. The van der Waals surface area contributed by atoms with Crippen molar-refractivity contribution < 1.29 is 4.79 Å². The molecule has 0 radical (unpaired) electrons.